The van der Waals surface area contributed by atoms with Crippen LogP contribution in [0.25, 0.3) is 0 Å². The lowest BCUT2D eigenvalue weighted by Crippen LogP contribution is -2.46. The fourth-order valence-corrected chi connectivity index (χ4v) is 2.89. The maximum atomic E-state index is 11.6. The molecule has 0 heterocycles. The van der Waals surface area contributed by atoms with Crippen LogP contribution in [0.2, 0.25) is 18.1 Å². The molecule has 0 N–H and O–H groups in total. The number of aldehydes is 1. The van der Waals surface area contributed by atoms with E-state index in [9.17, 15) is 9.59 Å². The van der Waals surface area contributed by atoms with E-state index >= 15 is 0 Å². The van der Waals surface area contributed by atoms with Crippen LogP contribution in [0.3, 0.4) is 0 Å². The van der Waals surface area contributed by atoms with Gasteiger partial charge in [-0.05, 0) is 30.1 Å². The first-order valence-electron chi connectivity index (χ1n) is 6.91. The van der Waals surface area contributed by atoms with E-state index in [2.05, 4.69) is 33.9 Å². The zero-order valence-corrected chi connectivity index (χ0v) is 14.7. The first-order chi connectivity index (χ1) is 9.05. The second kappa shape index (κ2) is 7.74. The summed E-state index contributed by atoms with van der Waals surface area (Å²) in [5, 5.41) is 0.0649. The zero-order chi connectivity index (χ0) is 16.0. The van der Waals surface area contributed by atoms with Crippen molar-refractivity contribution < 1.29 is 18.8 Å². The molecule has 20 heavy (non-hydrogen) atoms. The van der Waals surface area contributed by atoms with Gasteiger partial charge in [0, 0.05) is 0 Å². The van der Waals surface area contributed by atoms with Crippen molar-refractivity contribution in [1.29, 1.82) is 0 Å². The van der Waals surface area contributed by atoms with Crippen LogP contribution in [-0.4, -0.2) is 33.8 Å². The molecule has 116 valence electrons. The van der Waals surface area contributed by atoms with Crippen molar-refractivity contribution in [3.05, 3.63) is 12.2 Å². The van der Waals surface area contributed by atoms with Gasteiger partial charge < -0.3 is 9.16 Å². The number of rotatable bonds is 7. The van der Waals surface area contributed by atoms with Gasteiger partial charge in [0.25, 0.3) is 0 Å². The van der Waals surface area contributed by atoms with Crippen LogP contribution in [0.4, 0.5) is 0 Å². The highest BCUT2D eigenvalue weighted by atomic mass is 28.4. The number of carbonyl (C=O) groups is 2. The molecule has 0 aromatic rings. The fourth-order valence-electron chi connectivity index (χ4n) is 1.48. The Bertz CT molecular complexity index is 355. The van der Waals surface area contributed by atoms with Gasteiger partial charge in [-0.1, -0.05) is 33.8 Å². The Morgan fingerprint density at radius 2 is 1.85 bits per heavy atom. The topological polar surface area (TPSA) is 52.6 Å². The Morgan fingerprint density at radius 3 is 2.25 bits per heavy atom. The van der Waals surface area contributed by atoms with E-state index in [1.165, 1.54) is 13.2 Å². The summed E-state index contributed by atoms with van der Waals surface area (Å²) < 4.78 is 11.0. The molecule has 0 bridgehead atoms. The molecule has 0 unspecified atom stereocenters. The third-order valence-electron chi connectivity index (χ3n) is 3.93. The van der Waals surface area contributed by atoms with Crippen LogP contribution in [0.15, 0.2) is 12.2 Å². The third kappa shape index (κ3) is 6.01. The largest absolute Gasteiger partial charge is 0.469 e. The molecule has 4 nitrogen and oxygen atoms in total. The lowest BCUT2D eigenvalue weighted by atomic mass is 10.0. The highest BCUT2D eigenvalue weighted by Gasteiger charge is 2.40. The molecule has 0 amide bonds. The summed E-state index contributed by atoms with van der Waals surface area (Å²) in [4.78, 5) is 22.0. The van der Waals surface area contributed by atoms with Crippen LogP contribution in [0.5, 0.6) is 0 Å². The van der Waals surface area contributed by atoms with Crippen LogP contribution >= 0.6 is 0 Å². The minimum absolute atomic E-state index is 0.0200. The van der Waals surface area contributed by atoms with Crippen molar-refractivity contribution in [2.24, 2.45) is 5.92 Å². The van der Waals surface area contributed by atoms with Gasteiger partial charge in [-0.2, -0.15) is 0 Å². The number of allylic oxidation sites excluding steroid dienone is 1. The van der Waals surface area contributed by atoms with Crippen LogP contribution in [0.1, 0.15) is 34.1 Å². The maximum Gasteiger partial charge on any atom is 0.308 e. The summed E-state index contributed by atoms with van der Waals surface area (Å²) >= 11 is 0. The first-order valence-corrected chi connectivity index (χ1v) is 9.82. The molecule has 0 aromatic carbocycles. The summed E-state index contributed by atoms with van der Waals surface area (Å²) in [6.45, 7) is 12.7. The highest BCUT2D eigenvalue weighted by Crippen LogP contribution is 2.38. The maximum absolute atomic E-state index is 11.6. The normalized spacial score (nSPS) is 15.9. The number of hydrogen-bond acceptors (Lipinski definition) is 4. The minimum Gasteiger partial charge on any atom is -0.469 e. The number of carbonyl (C=O) groups excluding carboxylic acids is 2. The van der Waals surface area contributed by atoms with Gasteiger partial charge in [0.2, 0.25) is 0 Å². The number of methoxy groups -OCH3 is 1. The molecule has 0 spiro atoms. The Morgan fingerprint density at radius 1 is 1.30 bits per heavy atom. The molecule has 0 aliphatic rings. The third-order valence-corrected chi connectivity index (χ3v) is 8.43. The second-order valence-electron chi connectivity index (χ2n) is 6.58. The van der Waals surface area contributed by atoms with Gasteiger partial charge in [-0.25, -0.2) is 0 Å². The van der Waals surface area contributed by atoms with Gasteiger partial charge in [0.1, 0.15) is 6.29 Å². The number of esters is 1. The molecule has 0 aliphatic carbocycles. The molecule has 0 fully saturated rings. The lowest BCUT2D eigenvalue weighted by molar-refractivity contribution is -0.143. The molecule has 2 atom stereocenters. The molecular formula is C15H28O4Si. The Balaban J connectivity index is 5.07. The van der Waals surface area contributed by atoms with Crippen molar-refractivity contribution in [3.63, 3.8) is 0 Å². The lowest BCUT2D eigenvalue weighted by Gasteiger charge is -2.40. The Hall–Kier alpha value is -0.943. The van der Waals surface area contributed by atoms with Crippen molar-refractivity contribution in [3.8, 4) is 0 Å². The summed E-state index contributed by atoms with van der Waals surface area (Å²) in [7, 11) is -0.607. The fraction of sp³-hybridized carbons (Fsp3) is 0.733. The molecule has 0 radical (unpaired) electrons. The van der Waals surface area contributed by atoms with E-state index < -0.39 is 8.32 Å². The highest BCUT2D eigenvalue weighted by molar-refractivity contribution is 6.74. The monoisotopic (exact) mass is 300 g/mol. The number of ether oxygens (including phenoxy) is 1. The smallest absolute Gasteiger partial charge is 0.308 e. The molecule has 0 aliphatic heterocycles. The van der Waals surface area contributed by atoms with Gasteiger partial charge in [-0.15, -0.1) is 0 Å². The van der Waals surface area contributed by atoms with E-state index in [1.807, 2.05) is 6.92 Å². The van der Waals surface area contributed by atoms with Crippen molar-refractivity contribution in [2.45, 2.75) is 58.4 Å². The average Bonchev–Trinajstić information content (AvgIpc) is 2.33. The molecule has 0 aromatic heterocycles. The molecular weight excluding hydrogens is 272 g/mol. The summed E-state index contributed by atoms with van der Waals surface area (Å²) in [5.41, 5.74) is 0. The predicted octanol–water partition coefficient (Wildman–Crippen LogP) is 3.33. The van der Waals surface area contributed by atoms with Crippen LogP contribution in [-0.2, 0) is 18.8 Å². The molecule has 0 saturated carbocycles. The van der Waals surface area contributed by atoms with E-state index in [1.54, 1.807) is 6.08 Å². The SMILES string of the molecule is COC(=O)C[C@@H](O[Si](C)(C)C(C)(C)C)[C@@H](C)/C=C/C=O. The van der Waals surface area contributed by atoms with Gasteiger partial charge >= 0.3 is 5.97 Å². The molecule has 0 rings (SSSR count). The summed E-state index contributed by atoms with van der Waals surface area (Å²) in [5.74, 6) is -0.312. The summed E-state index contributed by atoms with van der Waals surface area (Å²) in [6.07, 6.45) is 3.89. The van der Waals surface area contributed by atoms with Gasteiger partial charge in [0.05, 0.1) is 19.6 Å². The summed E-state index contributed by atoms with van der Waals surface area (Å²) in [6, 6.07) is 0. The Labute approximate surface area is 123 Å². The molecule has 5 heteroatoms. The number of hydrogen-bond donors (Lipinski definition) is 0. The van der Waals surface area contributed by atoms with E-state index in [0.717, 1.165) is 6.29 Å². The van der Waals surface area contributed by atoms with Crippen LogP contribution in [0, 0.1) is 5.92 Å². The standard InChI is InChI=1S/C15H28O4Si/c1-12(9-8-10-16)13(11-14(17)18-5)19-20(6,7)15(2,3)4/h8-10,12-13H,11H2,1-7H3/b9-8+/t12-,13+/m0/s1. The minimum atomic E-state index is -1.98. The van der Waals surface area contributed by atoms with Crippen molar-refractivity contribution in [1.82, 2.24) is 0 Å². The van der Waals surface area contributed by atoms with Crippen LogP contribution < -0.4 is 0 Å². The average molecular weight is 300 g/mol. The van der Waals surface area contributed by atoms with Gasteiger partial charge in [-0.3, -0.25) is 9.59 Å². The second-order valence-corrected chi connectivity index (χ2v) is 11.3. The predicted molar refractivity (Wildman–Crippen MR) is 83.1 cm³/mol. The van der Waals surface area contributed by atoms with E-state index in [-0.39, 0.29) is 29.5 Å². The molecule has 0 saturated heterocycles. The van der Waals surface area contributed by atoms with Crippen molar-refractivity contribution >= 4 is 20.6 Å². The van der Waals surface area contributed by atoms with E-state index in [0.29, 0.717) is 0 Å². The zero-order valence-electron chi connectivity index (χ0n) is 13.7. The quantitative estimate of drug-likeness (QED) is 0.313. The van der Waals surface area contributed by atoms with Crippen molar-refractivity contribution in [2.75, 3.05) is 7.11 Å². The first kappa shape index (κ1) is 19.1. The van der Waals surface area contributed by atoms with Gasteiger partial charge in [0.15, 0.2) is 8.32 Å². The van der Waals surface area contributed by atoms with E-state index in [4.69, 9.17) is 9.16 Å². The Kier molecular flexibility index (Phi) is 7.37.